The number of aromatic nitrogens is 2. The molecule has 0 radical (unpaired) electrons. The lowest BCUT2D eigenvalue weighted by atomic mass is 9.92. The number of halogens is 1. The number of aryl methyl sites for hydroxylation is 2. The summed E-state index contributed by atoms with van der Waals surface area (Å²) in [5.74, 6) is 0.510. The predicted molar refractivity (Wildman–Crippen MR) is 78.0 cm³/mol. The molecule has 0 aliphatic carbocycles. The van der Waals surface area contributed by atoms with Crippen LogP contribution >= 0.6 is 11.6 Å². The standard InChI is InChI=1S/C12H21ClN4O2S/c1-7(2)9-5-17(6-10(9)14)20(18,19)11-8(3)15-16(4)12(11)13/h7,9-10H,5-6,14H2,1-4H3/t9-,10+/m1/s1. The number of nitrogens with zero attached hydrogens (tertiary/aromatic N) is 3. The molecular weight excluding hydrogens is 300 g/mol. The Bertz CT molecular complexity index is 611. The number of hydrogen-bond donors (Lipinski definition) is 1. The Balaban J connectivity index is 2.38. The van der Waals surface area contributed by atoms with Crippen LogP contribution in [0.2, 0.25) is 5.15 Å². The molecule has 1 saturated heterocycles. The monoisotopic (exact) mass is 320 g/mol. The fourth-order valence-corrected chi connectivity index (χ4v) is 4.97. The van der Waals surface area contributed by atoms with Crippen LogP contribution in [0.1, 0.15) is 19.5 Å². The van der Waals surface area contributed by atoms with Crippen LogP contribution in [0.3, 0.4) is 0 Å². The van der Waals surface area contributed by atoms with E-state index in [9.17, 15) is 8.42 Å². The molecule has 1 aliphatic rings. The van der Waals surface area contributed by atoms with E-state index in [0.717, 1.165) is 0 Å². The van der Waals surface area contributed by atoms with Gasteiger partial charge in [-0.25, -0.2) is 8.42 Å². The molecule has 2 heterocycles. The highest BCUT2D eigenvalue weighted by Crippen LogP contribution is 2.32. The van der Waals surface area contributed by atoms with Crippen LogP contribution in [0.15, 0.2) is 4.90 Å². The van der Waals surface area contributed by atoms with Gasteiger partial charge in [-0.1, -0.05) is 25.4 Å². The van der Waals surface area contributed by atoms with E-state index in [-0.39, 0.29) is 22.0 Å². The highest BCUT2D eigenvalue weighted by atomic mass is 35.5. The molecular formula is C12H21ClN4O2S. The topological polar surface area (TPSA) is 81.2 Å². The quantitative estimate of drug-likeness (QED) is 0.900. The molecule has 1 aromatic rings. The number of nitrogens with two attached hydrogens (primary N) is 1. The molecule has 0 aromatic carbocycles. The Hall–Kier alpha value is -0.630. The molecule has 1 aliphatic heterocycles. The maximum atomic E-state index is 12.7. The summed E-state index contributed by atoms with van der Waals surface area (Å²) in [6.45, 7) is 6.53. The third-order valence-electron chi connectivity index (χ3n) is 3.93. The van der Waals surface area contributed by atoms with Crippen LogP contribution in [-0.2, 0) is 17.1 Å². The van der Waals surface area contributed by atoms with E-state index in [4.69, 9.17) is 17.3 Å². The van der Waals surface area contributed by atoms with E-state index < -0.39 is 10.0 Å². The average molecular weight is 321 g/mol. The first-order valence-electron chi connectivity index (χ1n) is 6.61. The fraction of sp³-hybridized carbons (Fsp3) is 0.750. The third-order valence-corrected chi connectivity index (χ3v) is 6.46. The summed E-state index contributed by atoms with van der Waals surface area (Å²) in [6.07, 6.45) is 0. The van der Waals surface area contributed by atoms with Crippen molar-refractivity contribution in [1.29, 1.82) is 0 Å². The zero-order chi connectivity index (χ0) is 15.2. The summed E-state index contributed by atoms with van der Waals surface area (Å²) < 4.78 is 28.3. The second-order valence-corrected chi connectivity index (χ2v) is 7.96. The summed E-state index contributed by atoms with van der Waals surface area (Å²) in [4.78, 5) is 0.0956. The first-order chi connectivity index (χ1) is 9.16. The summed E-state index contributed by atoms with van der Waals surface area (Å²) >= 11 is 6.08. The lowest BCUT2D eigenvalue weighted by Crippen LogP contribution is -2.33. The van der Waals surface area contributed by atoms with Gasteiger partial charge in [-0.15, -0.1) is 0 Å². The van der Waals surface area contributed by atoms with Crippen molar-refractivity contribution in [3.05, 3.63) is 10.8 Å². The molecule has 20 heavy (non-hydrogen) atoms. The van der Waals surface area contributed by atoms with Crippen LogP contribution < -0.4 is 5.73 Å². The Morgan fingerprint density at radius 1 is 1.40 bits per heavy atom. The third kappa shape index (κ3) is 2.47. The summed E-state index contributed by atoms with van der Waals surface area (Å²) in [5, 5.41) is 4.21. The van der Waals surface area contributed by atoms with Crippen molar-refractivity contribution in [1.82, 2.24) is 14.1 Å². The normalized spacial score (nSPS) is 24.8. The predicted octanol–water partition coefficient (Wildman–Crippen LogP) is 0.986. The second kappa shape index (κ2) is 5.29. The number of hydrogen-bond acceptors (Lipinski definition) is 4. The SMILES string of the molecule is Cc1nn(C)c(Cl)c1S(=O)(=O)N1C[C@H](C(C)C)[C@@H](N)C1. The van der Waals surface area contributed by atoms with E-state index >= 15 is 0 Å². The van der Waals surface area contributed by atoms with Crippen LogP contribution in [0.4, 0.5) is 0 Å². The molecule has 8 heteroatoms. The minimum absolute atomic E-state index is 0.0956. The smallest absolute Gasteiger partial charge is 0.248 e. The fourth-order valence-electron chi connectivity index (χ4n) is 2.75. The maximum Gasteiger partial charge on any atom is 0.248 e. The molecule has 0 saturated carbocycles. The zero-order valence-electron chi connectivity index (χ0n) is 12.2. The maximum absolute atomic E-state index is 12.7. The van der Waals surface area contributed by atoms with Gasteiger partial charge in [0, 0.05) is 26.2 Å². The van der Waals surface area contributed by atoms with Crippen molar-refractivity contribution in [2.75, 3.05) is 13.1 Å². The second-order valence-electron chi connectivity index (χ2n) is 5.72. The van der Waals surface area contributed by atoms with Crippen LogP contribution in [0, 0.1) is 18.8 Å². The molecule has 0 amide bonds. The first-order valence-corrected chi connectivity index (χ1v) is 8.43. The minimum atomic E-state index is -3.64. The van der Waals surface area contributed by atoms with Crippen LogP contribution in [0.5, 0.6) is 0 Å². The number of rotatable bonds is 3. The molecule has 114 valence electrons. The summed E-state index contributed by atoms with van der Waals surface area (Å²) in [5.41, 5.74) is 6.48. The first kappa shape index (κ1) is 15.8. The zero-order valence-corrected chi connectivity index (χ0v) is 13.7. The van der Waals surface area contributed by atoms with Crippen molar-refractivity contribution >= 4 is 21.6 Å². The Labute approximate surface area is 124 Å². The van der Waals surface area contributed by atoms with Gasteiger partial charge in [0.1, 0.15) is 10.0 Å². The Kier molecular flexibility index (Phi) is 4.17. The summed E-state index contributed by atoms with van der Waals surface area (Å²) in [7, 11) is -2.01. The molecule has 2 atom stereocenters. The van der Waals surface area contributed by atoms with Crippen LogP contribution in [-0.4, -0.2) is 41.6 Å². The molecule has 0 spiro atoms. The Morgan fingerprint density at radius 2 is 2.00 bits per heavy atom. The highest BCUT2D eigenvalue weighted by molar-refractivity contribution is 7.89. The van der Waals surface area contributed by atoms with Gasteiger partial charge in [0.2, 0.25) is 10.0 Å². The Morgan fingerprint density at radius 3 is 2.40 bits per heavy atom. The van der Waals surface area contributed by atoms with Gasteiger partial charge in [0.15, 0.2) is 0 Å². The average Bonchev–Trinajstić information content (AvgIpc) is 2.81. The van der Waals surface area contributed by atoms with Crippen molar-refractivity contribution < 1.29 is 8.42 Å². The van der Waals surface area contributed by atoms with Crippen molar-refractivity contribution in [3.63, 3.8) is 0 Å². The molecule has 2 rings (SSSR count). The van der Waals surface area contributed by atoms with Gasteiger partial charge in [-0.3, -0.25) is 4.68 Å². The van der Waals surface area contributed by atoms with Crippen LogP contribution in [0.25, 0.3) is 0 Å². The van der Waals surface area contributed by atoms with E-state index in [2.05, 4.69) is 18.9 Å². The van der Waals surface area contributed by atoms with E-state index in [1.54, 1.807) is 14.0 Å². The molecule has 6 nitrogen and oxygen atoms in total. The van der Waals surface area contributed by atoms with Crippen molar-refractivity contribution in [2.24, 2.45) is 24.6 Å². The van der Waals surface area contributed by atoms with E-state index in [1.807, 2.05) is 0 Å². The van der Waals surface area contributed by atoms with Gasteiger partial charge in [0.05, 0.1) is 5.69 Å². The van der Waals surface area contributed by atoms with Gasteiger partial charge < -0.3 is 5.73 Å². The minimum Gasteiger partial charge on any atom is -0.326 e. The highest BCUT2D eigenvalue weighted by Gasteiger charge is 2.41. The summed E-state index contributed by atoms with van der Waals surface area (Å²) in [6, 6.07) is -0.138. The molecule has 0 unspecified atom stereocenters. The van der Waals surface area contributed by atoms with Gasteiger partial charge in [-0.05, 0) is 18.8 Å². The van der Waals surface area contributed by atoms with E-state index in [1.165, 1.54) is 8.99 Å². The molecule has 0 bridgehead atoms. The largest absolute Gasteiger partial charge is 0.326 e. The molecule has 1 fully saturated rings. The van der Waals surface area contributed by atoms with Gasteiger partial charge in [-0.2, -0.15) is 9.40 Å². The van der Waals surface area contributed by atoms with E-state index in [0.29, 0.717) is 24.7 Å². The van der Waals surface area contributed by atoms with Crippen molar-refractivity contribution in [2.45, 2.75) is 31.7 Å². The number of sulfonamides is 1. The molecule has 2 N–H and O–H groups in total. The van der Waals surface area contributed by atoms with Gasteiger partial charge in [0.25, 0.3) is 0 Å². The lowest BCUT2D eigenvalue weighted by molar-refractivity contribution is 0.368. The lowest BCUT2D eigenvalue weighted by Gasteiger charge is -2.18. The molecule has 1 aromatic heterocycles. The van der Waals surface area contributed by atoms with Crippen molar-refractivity contribution in [3.8, 4) is 0 Å². The van der Waals surface area contributed by atoms with Gasteiger partial charge >= 0.3 is 0 Å².